The second kappa shape index (κ2) is 8.91. The number of carbonyl (C=O) groups excluding carboxylic acids is 2. The first kappa shape index (κ1) is 19.5. The van der Waals surface area contributed by atoms with Crippen molar-refractivity contribution in [3.63, 3.8) is 0 Å². The molecule has 126 valence electrons. The van der Waals surface area contributed by atoms with Crippen LogP contribution in [-0.4, -0.2) is 53.5 Å². The van der Waals surface area contributed by atoms with Gasteiger partial charge in [0.2, 0.25) is 11.8 Å². The van der Waals surface area contributed by atoms with Gasteiger partial charge in [-0.1, -0.05) is 41.9 Å². The highest BCUT2D eigenvalue weighted by molar-refractivity contribution is 6.42. The Balaban J connectivity index is 2.97. The van der Waals surface area contributed by atoms with Gasteiger partial charge in [0.05, 0.1) is 22.7 Å². The van der Waals surface area contributed by atoms with Crippen LogP contribution in [0.1, 0.15) is 18.5 Å². The van der Waals surface area contributed by atoms with E-state index in [9.17, 15) is 14.7 Å². The molecule has 0 bridgehead atoms. The van der Waals surface area contributed by atoms with Gasteiger partial charge in [-0.15, -0.1) is 0 Å². The summed E-state index contributed by atoms with van der Waals surface area (Å²) in [7, 11) is 1.55. The van der Waals surface area contributed by atoms with Crippen molar-refractivity contribution in [2.45, 2.75) is 13.0 Å². The van der Waals surface area contributed by atoms with E-state index in [1.165, 1.54) is 9.80 Å². The van der Waals surface area contributed by atoms with Crippen molar-refractivity contribution in [1.82, 2.24) is 9.80 Å². The molecule has 0 saturated carbocycles. The number of aliphatic hydroxyl groups is 1. The third kappa shape index (κ3) is 4.70. The molecule has 0 aliphatic rings. The highest BCUT2D eigenvalue weighted by Crippen LogP contribution is 2.32. The van der Waals surface area contributed by atoms with E-state index in [4.69, 9.17) is 23.2 Å². The molecule has 1 rings (SSSR count). The number of amides is 2. The van der Waals surface area contributed by atoms with Gasteiger partial charge in [-0.05, 0) is 24.6 Å². The van der Waals surface area contributed by atoms with Crippen LogP contribution in [0, 0.1) is 0 Å². The normalized spacial score (nSPS) is 11.7. The molecule has 7 heteroatoms. The number of nitrogens with zero attached hydrogens (tertiary/aromatic N) is 2. The van der Waals surface area contributed by atoms with Crippen molar-refractivity contribution in [3.05, 3.63) is 46.5 Å². The van der Waals surface area contributed by atoms with E-state index < -0.39 is 6.04 Å². The van der Waals surface area contributed by atoms with Gasteiger partial charge in [0.25, 0.3) is 0 Å². The number of rotatable bonds is 7. The van der Waals surface area contributed by atoms with Crippen molar-refractivity contribution in [2.75, 3.05) is 26.7 Å². The molecule has 2 amide bonds. The Bertz CT molecular complexity index is 593. The molecule has 0 aliphatic heterocycles. The minimum Gasteiger partial charge on any atom is -0.394 e. The first-order valence-electron chi connectivity index (χ1n) is 7.09. The van der Waals surface area contributed by atoms with Crippen molar-refractivity contribution >= 4 is 35.0 Å². The standard InChI is InChI=1S/C16H20Cl2N2O3/c1-4-14(22)20(5-2)9-15(23)19(3)13(10-21)11-7-6-8-12(17)16(11)18/h4,6-8,13,21H,1,5,9-10H2,2-3H3. The fraction of sp³-hybridized carbons (Fsp3) is 0.375. The summed E-state index contributed by atoms with van der Waals surface area (Å²) in [5.41, 5.74) is 0.551. The molecule has 5 nitrogen and oxygen atoms in total. The lowest BCUT2D eigenvalue weighted by molar-refractivity contribution is -0.139. The summed E-state index contributed by atoms with van der Waals surface area (Å²) >= 11 is 12.1. The summed E-state index contributed by atoms with van der Waals surface area (Å²) in [6.07, 6.45) is 1.16. The van der Waals surface area contributed by atoms with Crippen LogP contribution >= 0.6 is 23.2 Å². The minimum atomic E-state index is -0.647. The molecule has 1 aromatic carbocycles. The topological polar surface area (TPSA) is 60.9 Å². The number of benzene rings is 1. The maximum absolute atomic E-state index is 12.4. The van der Waals surface area contributed by atoms with Gasteiger partial charge in [-0.2, -0.15) is 0 Å². The highest BCUT2D eigenvalue weighted by atomic mass is 35.5. The van der Waals surface area contributed by atoms with E-state index in [2.05, 4.69) is 6.58 Å². The Morgan fingerprint density at radius 2 is 2.04 bits per heavy atom. The average Bonchev–Trinajstić information content (AvgIpc) is 2.55. The Morgan fingerprint density at radius 1 is 1.39 bits per heavy atom. The summed E-state index contributed by atoms with van der Waals surface area (Å²) in [5.74, 6) is -0.646. The largest absolute Gasteiger partial charge is 0.394 e. The molecule has 0 fully saturated rings. The van der Waals surface area contributed by atoms with E-state index in [0.29, 0.717) is 22.2 Å². The molecule has 1 atom stereocenters. The van der Waals surface area contributed by atoms with Crippen LogP contribution in [0.5, 0.6) is 0 Å². The Morgan fingerprint density at radius 3 is 2.57 bits per heavy atom. The fourth-order valence-corrected chi connectivity index (χ4v) is 2.56. The van der Waals surface area contributed by atoms with Crippen molar-refractivity contribution in [2.24, 2.45) is 0 Å². The predicted octanol–water partition coefficient (Wildman–Crippen LogP) is 2.52. The smallest absolute Gasteiger partial charge is 0.246 e. The second-order valence-electron chi connectivity index (χ2n) is 4.90. The number of hydrogen-bond donors (Lipinski definition) is 1. The average molecular weight is 359 g/mol. The lowest BCUT2D eigenvalue weighted by Crippen LogP contribution is -2.43. The first-order valence-corrected chi connectivity index (χ1v) is 7.84. The highest BCUT2D eigenvalue weighted by Gasteiger charge is 2.25. The quantitative estimate of drug-likeness (QED) is 0.761. The molecule has 0 aromatic heterocycles. The third-order valence-electron chi connectivity index (χ3n) is 3.57. The molecule has 1 unspecified atom stereocenters. The molecule has 23 heavy (non-hydrogen) atoms. The zero-order valence-electron chi connectivity index (χ0n) is 13.1. The Hall–Kier alpha value is -1.56. The van der Waals surface area contributed by atoms with Crippen LogP contribution in [0.2, 0.25) is 10.0 Å². The maximum Gasteiger partial charge on any atom is 0.246 e. The molecule has 0 saturated heterocycles. The second-order valence-corrected chi connectivity index (χ2v) is 5.69. The van der Waals surface area contributed by atoms with Crippen LogP contribution in [0.4, 0.5) is 0 Å². The van der Waals surface area contributed by atoms with E-state index in [1.807, 2.05) is 0 Å². The molecular weight excluding hydrogens is 339 g/mol. The van der Waals surface area contributed by atoms with Gasteiger partial charge in [0.1, 0.15) is 6.54 Å². The van der Waals surface area contributed by atoms with Gasteiger partial charge >= 0.3 is 0 Å². The third-order valence-corrected chi connectivity index (χ3v) is 4.40. The summed E-state index contributed by atoms with van der Waals surface area (Å²) in [5, 5.41) is 10.3. The van der Waals surface area contributed by atoms with Gasteiger partial charge in [-0.3, -0.25) is 9.59 Å². The fourth-order valence-electron chi connectivity index (χ4n) is 2.13. The summed E-state index contributed by atoms with van der Waals surface area (Å²) < 4.78 is 0. The van der Waals surface area contributed by atoms with Crippen molar-refractivity contribution in [3.8, 4) is 0 Å². The number of carbonyl (C=O) groups is 2. The Labute approximate surface area is 146 Å². The minimum absolute atomic E-state index is 0.105. The van der Waals surface area contributed by atoms with Crippen LogP contribution in [-0.2, 0) is 9.59 Å². The number of hydrogen-bond acceptors (Lipinski definition) is 3. The van der Waals surface area contributed by atoms with E-state index in [1.54, 1.807) is 32.2 Å². The number of halogens is 2. The van der Waals surface area contributed by atoms with Gasteiger partial charge in [-0.25, -0.2) is 0 Å². The zero-order valence-corrected chi connectivity index (χ0v) is 14.6. The molecule has 0 aliphatic carbocycles. The van der Waals surface area contributed by atoms with Gasteiger partial charge in [0.15, 0.2) is 0 Å². The van der Waals surface area contributed by atoms with Crippen molar-refractivity contribution in [1.29, 1.82) is 0 Å². The van der Waals surface area contributed by atoms with Crippen LogP contribution in [0.25, 0.3) is 0 Å². The first-order chi connectivity index (χ1) is 10.9. The van der Waals surface area contributed by atoms with Crippen molar-refractivity contribution < 1.29 is 14.7 Å². The molecule has 0 heterocycles. The molecule has 1 N–H and O–H groups in total. The number of likely N-dealkylation sites (N-methyl/N-ethyl adjacent to an activating group) is 2. The predicted molar refractivity (Wildman–Crippen MR) is 91.5 cm³/mol. The zero-order chi connectivity index (χ0) is 17.6. The molecule has 0 spiro atoms. The SMILES string of the molecule is C=CC(=O)N(CC)CC(=O)N(C)C(CO)c1cccc(Cl)c1Cl. The van der Waals surface area contributed by atoms with E-state index in [-0.39, 0.29) is 25.0 Å². The number of aliphatic hydroxyl groups excluding tert-OH is 1. The molecule has 0 radical (unpaired) electrons. The monoisotopic (exact) mass is 358 g/mol. The van der Waals surface area contributed by atoms with E-state index in [0.717, 1.165) is 6.08 Å². The summed E-state index contributed by atoms with van der Waals surface area (Å²) in [6.45, 7) is 5.14. The lowest BCUT2D eigenvalue weighted by atomic mass is 10.1. The summed E-state index contributed by atoms with van der Waals surface area (Å²) in [6, 6.07) is 4.38. The lowest BCUT2D eigenvalue weighted by Gasteiger charge is -2.30. The summed E-state index contributed by atoms with van der Waals surface area (Å²) in [4.78, 5) is 26.8. The molecular formula is C16H20Cl2N2O3. The van der Waals surface area contributed by atoms with Crippen LogP contribution in [0.15, 0.2) is 30.9 Å². The van der Waals surface area contributed by atoms with Crippen LogP contribution < -0.4 is 0 Å². The molecule has 1 aromatic rings. The maximum atomic E-state index is 12.4. The van der Waals surface area contributed by atoms with E-state index >= 15 is 0 Å². The van der Waals surface area contributed by atoms with Gasteiger partial charge < -0.3 is 14.9 Å². The van der Waals surface area contributed by atoms with Crippen LogP contribution in [0.3, 0.4) is 0 Å². The Kier molecular flexibility index (Phi) is 7.55. The van der Waals surface area contributed by atoms with Gasteiger partial charge in [0, 0.05) is 13.6 Å².